The Balaban J connectivity index is 1.53. The van der Waals surface area contributed by atoms with E-state index in [0.29, 0.717) is 16.8 Å². The van der Waals surface area contributed by atoms with Gasteiger partial charge in [-0.05, 0) is 36.6 Å². The fourth-order valence-electron chi connectivity index (χ4n) is 2.17. The first kappa shape index (κ1) is 15.0. The summed E-state index contributed by atoms with van der Waals surface area (Å²) >= 11 is 0. The molecule has 23 heavy (non-hydrogen) atoms. The van der Waals surface area contributed by atoms with Crippen LogP contribution in [0.1, 0.15) is 28.8 Å². The topological polar surface area (TPSA) is 85.1 Å². The van der Waals surface area contributed by atoms with Crippen molar-refractivity contribution in [3.63, 3.8) is 0 Å². The van der Waals surface area contributed by atoms with Crippen LogP contribution in [0.15, 0.2) is 48.8 Å². The molecule has 1 aromatic carbocycles. The highest BCUT2D eigenvalue weighted by atomic mass is 16.5. The number of rotatable bonds is 5. The van der Waals surface area contributed by atoms with E-state index < -0.39 is 0 Å². The van der Waals surface area contributed by atoms with Gasteiger partial charge in [-0.2, -0.15) is 4.73 Å². The Morgan fingerprint density at radius 1 is 1.17 bits per heavy atom. The second-order valence-electron chi connectivity index (χ2n) is 5.60. The van der Waals surface area contributed by atoms with Crippen molar-refractivity contribution in [2.45, 2.75) is 19.4 Å². The van der Waals surface area contributed by atoms with Crippen LogP contribution in [0.2, 0.25) is 0 Å². The third kappa shape index (κ3) is 4.06. The summed E-state index contributed by atoms with van der Waals surface area (Å²) in [7, 11) is 0. The van der Waals surface area contributed by atoms with Crippen molar-refractivity contribution in [3.05, 3.63) is 65.1 Å². The van der Waals surface area contributed by atoms with E-state index in [1.807, 2.05) is 24.3 Å². The summed E-state index contributed by atoms with van der Waals surface area (Å²) in [5, 5.41) is 16.8. The van der Waals surface area contributed by atoms with Crippen LogP contribution in [-0.2, 0) is 11.3 Å². The molecule has 1 aromatic heterocycles. The molecule has 0 atom stereocenters. The molecule has 2 N–H and O–H groups in total. The Kier molecular flexibility index (Phi) is 4.23. The summed E-state index contributed by atoms with van der Waals surface area (Å²) in [6, 6.07) is 10.4. The van der Waals surface area contributed by atoms with E-state index in [1.54, 1.807) is 6.07 Å². The molecule has 6 heteroatoms. The van der Waals surface area contributed by atoms with Crippen LogP contribution in [0.4, 0.5) is 5.69 Å². The van der Waals surface area contributed by atoms with Gasteiger partial charge in [-0.15, -0.1) is 0 Å². The maximum Gasteiger partial charge on any atom is 0.257 e. The molecule has 1 aliphatic rings. The highest BCUT2D eigenvalue weighted by molar-refractivity contribution is 5.94. The molecule has 0 spiro atoms. The summed E-state index contributed by atoms with van der Waals surface area (Å²) < 4.78 is 0.590. The molecule has 0 saturated heterocycles. The van der Waals surface area contributed by atoms with E-state index in [1.165, 1.54) is 18.5 Å². The number of hydrogen-bond donors (Lipinski definition) is 2. The number of amides is 2. The third-order valence-corrected chi connectivity index (χ3v) is 3.66. The van der Waals surface area contributed by atoms with Crippen molar-refractivity contribution in [2.24, 2.45) is 5.92 Å². The summed E-state index contributed by atoms with van der Waals surface area (Å²) in [5.74, 6) is -0.0639. The quantitative estimate of drug-likeness (QED) is 0.649. The molecule has 0 radical (unpaired) electrons. The normalized spacial score (nSPS) is 13.4. The van der Waals surface area contributed by atoms with Gasteiger partial charge in [-0.3, -0.25) is 9.59 Å². The van der Waals surface area contributed by atoms with E-state index in [0.717, 1.165) is 24.1 Å². The van der Waals surface area contributed by atoms with Crippen LogP contribution >= 0.6 is 0 Å². The molecule has 0 unspecified atom stereocenters. The monoisotopic (exact) mass is 311 g/mol. The van der Waals surface area contributed by atoms with Gasteiger partial charge in [0, 0.05) is 24.2 Å². The molecule has 0 aliphatic heterocycles. The first-order valence-corrected chi connectivity index (χ1v) is 7.48. The minimum absolute atomic E-state index is 0.0704. The van der Waals surface area contributed by atoms with Crippen LogP contribution in [-0.4, -0.2) is 11.8 Å². The van der Waals surface area contributed by atoms with Gasteiger partial charge in [-0.25, -0.2) is 0 Å². The fraction of sp³-hybridized carbons (Fsp3) is 0.235. The summed E-state index contributed by atoms with van der Waals surface area (Å²) in [6.07, 6.45) is 4.49. The SMILES string of the molecule is O=C(NCc1ccc(NC(=O)C2CC2)cc1)c1ccc[n+]([O-])c1. The summed E-state index contributed by atoms with van der Waals surface area (Å²) in [4.78, 5) is 23.6. The maximum atomic E-state index is 11.9. The zero-order valence-electron chi connectivity index (χ0n) is 12.5. The first-order chi connectivity index (χ1) is 11.1. The lowest BCUT2D eigenvalue weighted by atomic mass is 10.2. The Bertz CT molecular complexity index is 724. The number of pyridine rings is 1. The van der Waals surface area contributed by atoms with Crippen LogP contribution in [0.5, 0.6) is 0 Å². The predicted octanol–water partition coefficient (Wildman–Crippen LogP) is 1.60. The van der Waals surface area contributed by atoms with Crippen molar-refractivity contribution < 1.29 is 14.3 Å². The van der Waals surface area contributed by atoms with Gasteiger partial charge in [0.15, 0.2) is 12.4 Å². The fourth-order valence-corrected chi connectivity index (χ4v) is 2.17. The molecule has 3 rings (SSSR count). The van der Waals surface area contributed by atoms with Gasteiger partial charge in [0.2, 0.25) is 5.91 Å². The van der Waals surface area contributed by atoms with E-state index in [4.69, 9.17) is 0 Å². The van der Waals surface area contributed by atoms with Crippen molar-refractivity contribution in [2.75, 3.05) is 5.32 Å². The Labute approximate surface area is 133 Å². The second-order valence-corrected chi connectivity index (χ2v) is 5.60. The second kappa shape index (κ2) is 6.48. The van der Waals surface area contributed by atoms with Crippen LogP contribution in [0, 0.1) is 11.1 Å². The Hall–Kier alpha value is -2.89. The van der Waals surface area contributed by atoms with E-state index in [2.05, 4.69) is 10.6 Å². The Morgan fingerprint density at radius 2 is 1.91 bits per heavy atom. The molecule has 0 bridgehead atoms. The molecule has 2 aromatic rings. The minimum atomic E-state index is -0.304. The minimum Gasteiger partial charge on any atom is -0.619 e. The van der Waals surface area contributed by atoms with Gasteiger partial charge in [-0.1, -0.05) is 12.1 Å². The summed E-state index contributed by atoms with van der Waals surface area (Å²) in [6.45, 7) is 0.351. The predicted molar refractivity (Wildman–Crippen MR) is 84.4 cm³/mol. The van der Waals surface area contributed by atoms with E-state index in [-0.39, 0.29) is 17.7 Å². The lowest BCUT2D eigenvalue weighted by molar-refractivity contribution is -0.605. The van der Waals surface area contributed by atoms with Crippen LogP contribution in [0.25, 0.3) is 0 Å². The highest BCUT2D eigenvalue weighted by Gasteiger charge is 2.29. The lowest BCUT2D eigenvalue weighted by Gasteiger charge is -2.07. The molecule has 1 heterocycles. The molecule has 1 saturated carbocycles. The van der Waals surface area contributed by atoms with Crippen LogP contribution in [0.3, 0.4) is 0 Å². The molecule has 6 nitrogen and oxygen atoms in total. The van der Waals surface area contributed by atoms with Gasteiger partial charge in [0.1, 0.15) is 5.56 Å². The number of nitrogens with zero attached hydrogens (tertiary/aromatic N) is 1. The van der Waals surface area contributed by atoms with Gasteiger partial charge in [0.25, 0.3) is 5.91 Å². The summed E-state index contributed by atoms with van der Waals surface area (Å²) in [5.41, 5.74) is 1.98. The van der Waals surface area contributed by atoms with E-state index in [9.17, 15) is 14.8 Å². The number of carbonyl (C=O) groups is 2. The third-order valence-electron chi connectivity index (χ3n) is 3.66. The van der Waals surface area contributed by atoms with Crippen molar-refractivity contribution in [3.8, 4) is 0 Å². The average Bonchev–Trinajstić information content (AvgIpc) is 3.39. The molecule has 118 valence electrons. The molecular weight excluding hydrogens is 294 g/mol. The molecule has 2 amide bonds. The van der Waals surface area contributed by atoms with Crippen molar-refractivity contribution in [1.82, 2.24) is 5.32 Å². The largest absolute Gasteiger partial charge is 0.619 e. The number of nitrogens with one attached hydrogen (secondary N) is 2. The number of benzene rings is 1. The molecule has 1 aliphatic carbocycles. The highest BCUT2D eigenvalue weighted by Crippen LogP contribution is 2.30. The van der Waals surface area contributed by atoms with Gasteiger partial charge in [0.05, 0.1) is 0 Å². The van der Waals surface area contributed by atoms with Gasteiger partial charge >= 0.3 is 0 Å². The smallest absolute Gasteiger partial charge is 0.257 e. The standard InChI is InChI=1S/C17H17N3O3/c21-16(14-2-1-9-20(23)11-14)18-10-12-3-7-15(8-4-12)19-17(22)13-5-6-13/h1-4,7-9,11,13H,5-6,10H2,(H,18,21)(H,19,22). The Morgan fingerprint density at radius 3 is 2.57 bits per heavy atom. The number of hydrogen-bond acceptors (Lipinski definition) is 3. The zero-order chi connectivity index (χ0) is 16.2. The number of carbonyl (C=O) groups excluding carboxylic acids is 2. The maximum absolute atomic E-state index is 11.9. The first-order valence-electron chi connectivity index (χ1n) is 7.48. The van der Waals surface area contributed by atoms with Crippen molar-refractivity contribution in [1.29, 1.82) is 0 Å². The average molecular weight is 311 g/mol. The number of aromatic nitrogens is 1. The zero-order valence-corrected chi connectivity index (χ0v) is 12.5. The van der Waals surface area contributed by atoms with Gasteiger partial charge < -0.3 is 15.8 Å². The number of anilines is 1. The van der Waals surface area contributed by atoms with Crippen molar-refractivity contribution >= 4 is 17.5 Å². The van der Waals surface area contributed by atoms with E-state index >= 15 is 0 Å². The molecule has 1 fully saturated rings. The lowest BCUT2D eigenvalue weighted by Crippen LogP contribution is -2.29. The molecular formula is C17H17N3O3. The van der Waals surface area contributed by atoms with Crippen LogP contribution < -0.4 is 15.4 Å².